The van der Waals surface area contributed by atoms with Crippen LogP contribution in [0.4, 0.5) is 0 Å². The molecule has 0 saturated carbocycles. The van der Waals surface area contributed by atoms with E-state index < -0.39 is 31.1 Å². The van der Waals surface area contributed by atoms with E-state index in [0.717, 1.165) is 0 Å². The standard InChI is InChI=1S/C15H34O5Si3/c1-21(2,3)17-11-12-10-13(19-22(4,5)6)14(15(16)18-12)20-23(7,8)9/h12-14H,10-11H2,1-9H3/t12-,13?,14?/m0/s1. The lowest BCUT2D eigenvalue weighted by Crippen LogP contribution is -2.55. The van der Waals surface area contributed by atoms with Crippen LogP contribution >= 0.6 is 0 Å². The van der Waals surface area contributed by atoms with Crippen molar-refractivity contribution in [3.05, 3.63) is 0 Å². The third kappa shape index (κ3) is 8.59. The van der Waals surface area contributed by atoms with Crippen molar-refractivity contribution in [1.29, 1.82) is 0 Å². The summed E-state index contributed by atoms with van der Waals surface area (Å²) < 4.78 is 23.8. The lowest BCUT2D eigenvalue weighted by molar-refractivity contribution is -0.177. The molecule has 1 aliphatic rings. The van der Waals surface area contributed by atoms with Gasteiger partial charge in [0.15, 0.2) is 31.1 Å². The molecule has 23 heavy (non-hydrogen) atoms. The molecule has 1 saturated heterocycles. The molecular weight excluding hydrogens is 344 g/mol. The zero-order valence-corrected chi connectivity index (χ0v) is 19.2. The topological polar surface area (TPSA) is 54.0 Å². The largest absolute Gasteiger partial charge is 0.458 e. The van der Waals surface area contributed by atoms with Crippen LogP contribution in [0.5, 0.6) is 0 Å². The highest BCUT2D eigenvalue weighted by Gasteiger charge is 2.44. The Morgan fingerprint density at radius 1 is 0.913 bits per heavy atom. The number of carbonyl (C=O) groups excluding carboxylic acids is 1. The van der Waals surface area contributed by atoms with Crippen molar-refractivity contribution in [2.24, 2.45) is 0 Å². The van der Waals surface area contributed by atoms with Crippen LogP contribution in [-0.4, -0.2) is 55.8 Å². The molecule has 0 N–H and O–H groups in total. The van der Waals surface area contributed by atoms with Crippen molar-refractivity contribution in [1.82, 2.24) is 0 Å². The molecule has 0 aromatic rings. The molecule has 0 amide bonds. The lowest BCUT2D eigenvalue weighted by Gasteiger charge is -2.40. The highest BCUT2D eigenvalue weighted by atomic mass is 28.4. The van der Waals surface area contributed by atoms with Crippen LogP contribution in [-0.2, 0) is 22.8 Å². The Hall–Kier alpha value is 0.000649. The summed E-state index contributed by atoms with van der Waals surface area (Å²) in [5.41, 5.74) is 0. The van der Waals surface area contributed by atoms with Gasteiger partial charge in [-0.25, -0.2) is 4.79 Å². The van der Waals surface area contributed by atoms with Crippen molar-refractivity contribution in [2.75, 3.05) is 6.61 Å². The Bertz CT molecular complexity index is 409. The van der Waals surface area contributed by atoms with Crippen LogP contribution in [0.15, 0.2) is 0 Å². The third-order valence-corrected chi connectivity index (χ3v) is 6.04. The molecule has 0 aromatic carbocycles. The van der Waals surface area contributed by atoms with E-state index in [1.165, 1.54) is 0 Å². The maximum atomic E-state index is 12.5. The molecule has 1 heterocycles. The fourth-order valence-electron chi connectivity index (χ4n) is 2.33. The first kappa shape index (κ1) is 21.0. The van der Waals surface area contributed by atoms with Gasteiger partial charge in [0.25, 0.3) is 0 Å². The van der Waals surface area contributed by atoms with Gasteiger partial charge in [-0.15, -0.1) is 0 Å². The van der Waals surface area contributed by atoms with Gasteiger partial charge < -0.3 is 18.0 Å². The minimum Gasteiger partial charge on any atom is -0.458 e. The maximum absolute atomic E-state index is 12.5. The monoisotopic (exact) mass is 378 g/mol. The first-order chi connectivity index (χ1) is 10.2. The highest BCUT2D eigenvalue weighted by molar-refractivity contribution is 6.70. The summed E-state index contributed by atoms with van der Waals surface area (Å²) in [4.78, 5) is 12.5. The zero-order valence-electron chi connectivity index (χ0n) is 16.2. The van der Waals surface area contributed by atoms with Crippen molar-refractivity contribution < 1.29 is 22.8 Å². The third-order valence-electron chi connectivity index (χ3n) is 3.04. The van der Waals surface area contributed by atoms with Crippen molar-refractivity contribution >= 4 is 30.9 Å². The molecule has 8 heteroatoms. The van der Waals surface area contributed by atoms with E-state index in [1.807, 2.05) is 0 Å². The summed E-state index contributed by atoms with van der Waals surface area (Å²) in [5.74, 6) is -0.300. The normalized spacial score (nSPS) is 27.0. The number of esters is 1. The van der Waals surface area contributed by atoms with Gasteiger partial charge in [-0.1, -0.05) is 0 Å². The fraction of sp³-hybridized carbons (Fsp3) is 0.933. The quantitative estimate of drug-likeness (QED) is 0.500. The highest BCUT2D eigenvalue weighted by Crippen LogP contribution is 2.27. The summed E-state index contributed by atoms with van der Waals surface area (Å²) in [7, 11) is -5.28. The summed E-state index contributed by atoms with van der Waals surface area (Å²) in [6.45, 7) is 19.5. The first-order valence-electron chi connectivity index (χ1n) is 8.36. The molecule has 0 spiro atoms. The number of hydrogen-bond donors (Lipinski definition) is 0. The van der Waals surface area contributed by atoms with Gasteiger partial charge >= 0.3 is 5.97 Å². The van der Waals surface area contributed by atoms with E-state index in [9.17, 15) is 4.79 Å². The number of carbonyl (C=O) groups is 1. The molecule has 1 fully saturated rings. The Labute approximate surface area is 144 Å². The maximum Gasteiger partial charge on any atom is 0.337 e. The second-order valence-corrected chi connectivity index (χ2v) is 22.6. The van der Waals surface area contributed by atoms with Crippen LogP contribution in [0.2, 0.25) is 58.9 Å². The SMILES string of the molecule is C[Si](C)(C)OC[C@@H]1CC(O[Si](C)(C)C)C(O[Si](C)(C)C)C(=O)O1. The summed E-state index contributed by atoms with van der Waals surface area (Å²) in [5, 5.41) is 0. The first-order valence-corrected chi connectivity index (χ1v) is 18.6. The number of rotatable bonds is 7. The van der Waals surface area contributed by atoms with Crippen molar-refractivity contribution in [3.63, 3.8) is 0 Å². The van der Waals surface area contributed by atoms with Crippen LogP contribution in [0.25, 0.3) is 0 Å². The van der Waals surface area contributed by atoms with Crippen LogP contribution in [0.1, 0.15) is 6.42 Å². The number of hydrogen-bond acceptors (Lipinski definition) is 5. The van der Waals surface area contributed by atoms with Gasteiger partial charge in [0.1, 0.15) is 6.10 Å². The van der Waals surface area contributed by atoms with E-state index >= 15 is 0 Å². The Morgan fingerprint density at radius 3 is 1.87 bits per heavy atom. The Balaban J connectivity index is 2.83. The van der Waals surface area contributed by atoms with Gasteiger partial charge in [0.2, 0.25) is 0 Å². The van der Waals surface area contributed by atoms with Gasteiger partial charge in [0.05, 0.1) is 12.7 Å². The number of cyclic esters (lactones) is 1. The van der Waals surface area contributed by atoms with Crippen LogP contribution in [0.3, 0.4) is 0 Å². The molecule has 5 nitrogen and oxygen atoms in total. The molecule has 0 bridgehead atoms. The molecular formula is C15H34O5Si3. The van der Waals surface area contributed by atoms with Crippen LogP contribution in [0, 0.1) is 0 Å². The van der Waals surface area contributed by atoms with Crippen LogP contribution < -0.4 is 0 Å². The van der Waals surface area contributed by atoms with Gasteiger partial charge in [0, 0.05) is 6.42 Å². The van der Waals surface area contributed by atoms with Gasteiger partial charge in [-0.05, 0) is 58.9 Å². The summed E-state index contributed by atoms with van der Waals surface area (Å²) in [6.07, 6.45) is -0.422. The molecule has 2 unspecified atom stereocenters. The van der Waals surface area contributed by atoms with Gasteiger partial charge in [-0.3, -0.25) is 0 Å². The molecule has 1 rings (SSSR count). The van der Waals surface area contributed by atoms with Gasteiger partial charge in [-0.2, -0.15) is 0 Å². The van der Waals surface area contributed by atoms with E-state index in [1.54, 1.807) is 0 Å². The molecule has 0 aliphatic carbocycles. The Kier molecular flexibility index (Phi) is 6.85. The molecule has 0 radical (unpaired) electrons. The Morgan fingerprint density at radius 2 is 1.43 bits per heavy atom. The second kappa shape index (κ2) is 7.49. The van der Waals surface area contributed by atoms with E-state index in [4.69, 9.17) is 18.0 Å². The van der Waals surface area contributed by atoms with E-state index in [-0.39, 0.29) is 18.2 Å². The molecule has 136 valence electrons. The number of ether oxygens (including phenoxy) is 1. The lowest BCUT2D eigenvalue weighted by atomic mass is 10.0. The molecule has 0 aromatic heterocycles. The second-order valence-electron chi connectivity index (χ2n) is 9.14. The summed E-state index contributed by atoms with van der Waals surface area (Å²) >= 11 is 0. The zero-order chi connectivity index (χ0) is 18.1. The smallest absolute Gasteiger partial charge is 0.337 e. The summed E-state index contributed by atoms with van der Waals surface area (Å²) in [6, 6.07) is 0. The van der Waals surface area contributed by atoms with E-state index in [0.29, 0.717) is 13.0 Å². The molecule has 1 aliphatic heterocycles. The average Bonchev–Trinajstić information content (AvgIpc) is 2.27. The van der Waals surface area contributed by atoms with Crippen molar-refractivity contribution in [3.8, 4) is 0 Å². The minimum absolute atomic E-state index is 0.232. The average molecular weight is 379 g/mol. The molecule has 3 atom stereocenters. The fourth-order valence-corrected chi connectivity index (χ4v) is 5.15. The minimum atomic E-state index is -1.86. The van der Waals surface area contributed by atoms with E-state index in [2.05, 4.69) is 58.9 Å². The predicted molar refractivity (Wildman–Crippen MR) is 100 cm³/mol. The van der Waals surface area contributed by atoms with Crippen molar-refractivity contribution in [2.45, 2.75) is 83.7 Å². The predicted octanol–water partition coefficient (Wildman–Crippen LogP) is 3.59.